The molecule has 1 heterocycles. The van der Waals surface area contributed by atoms with E-state index in [0.29, 0.717) is 0 Å². The zero-order chi connectivity index (χ0) is 7.72. The predicted octanol–water partition coefficient (Wildman–Crippen LogP) is -1.16. The quantitative estimate of drug-likeness (QED) is 0.405. The summed E-state index contributed by atoms with van der Waals surface area (Å²) in [7, 11) is 0. The van der Waals surface area contributed by atoms with E-state index in [4.69, 9.17) is 20.1 Å². The molecule has 1 unspecified atom stereocenters. The molecule has 0 aromatic carbocycles. The minimum Gasteiger partial charge on any atom is -0.390 e. The highest BCUT2D eigenvalue weighted by Crippen LogP contribution is 2.17. The van der Waals surface area contributed by atoms with Crippen molar-refractivity contribution >= 4 is 0 Å². The van der Waals surface area contributed by atoms with Gasteiger partial charge >= 0.3 is 0 Å². The first-order chi connectivity index (χ1) is 4.61. The molecular weight excluding hydrogens is 136 g/mol. The molecule has 0 aliphatic carbocycles. The van der Waals surface area contributed by atoms with Crippen molar-refractivity contribution < 1.29 is 20.1 Å². The molecule has 4 nitrogen and oxygen atoms in total. The zero-order valence-corrected chi connectivity index (χ0v) is 5.77. The molecule has 0 radical (unpaired) electrons. The van der Waals surface area contributed by atoms with Gasteiger partial charge in [-0.15, -0.1) is 0 Å². The highest BCUT2D eigenvalue weighted by Gasteiger charge is 2.32. The van der Waals surface area contributed by atoms with Crippen LogP contribution < -0.4 is 0 Å². The number of aliphatic hydroxyl groups excluding tert-OH is 3. The van der Waals surface area contributed by atoms with E-state index < -0.39 is 24.6 Å². The van der Waals surface area contributed by atoms with E-state index in [-0.39, 0.29) is 6.42 Å². The van der Waals surface area contributed by atoms with E-state index in [2.05, 4.69) is 0 Å². The Morgan fingerprint density at radius 2 is 1.80 bits per heavy atom. The summed E-state index contributed by atoms with van der Waals surface area (Å²) in [6, 6.07) is 0. The van der Waals surface area contributed by atoms with E-state index in [0.717, 1.165) is 0 Å². The van der Waals surface area contributed by atoms with Gasteiger partial charge in [0.05, 0.1) is 12.2 Å². The fourth-order valence-corrected chi connectivity index (χ4v) is 0.957. The van der Waals surface area contributed by atoms with Gasteiger partial charge in [-0.3, -0.25) is 0 Å². The third-order valence-electron chi connectivity index (χ3n) is 1.71. The number of ether oxygens (including phenoxy) is 1. The van der Waals surface area contributed by atoms with E-state index in [1.807, 2.05) is 0 Å². The van der Waals surface area contributed by atoms with Crippen LogP contribution in [0.5, 0.6) is 0 Å². The van der Waals surface area contributed by atoms with Gasteiger partial charge < -0.3 is 20.1 Å². The monoisotopic (exact) mass is 148 g/mol. The van der Waals surface area contributed by atoms with Crippen LogP contribution in [-0.4, -0.2) is 39.9 Å². The molecule has 1 rings (SSSR count). The first kappa shape index (κ1) is 7.94. The van der Waals surface area contributed by atoms with E-state index in [9.17, 15) is 0 Å². The van der Waals surface area contributed by atoms with Gasteiger partial charge in [0, 0.05) is 6.42 Å². The summed E-state index contributed by atoms with van der Waals surface area (Å²) < 4.78 is 4.77. The Morgan fingerprint density at radius 3 is 2.30 bits per heavy atom. The molecule has 0 aromatic heterocycles. The first-order valence-electron chi connectivity index (χ1n) is 3.31. The second kappa shape index (κ2) is 2.84. The van der Waals surface area contributed by atoms with Crippen LogP contribution in [0.4, 0.5) is 0 Å². The molecule has 1 saturated heterocycles. The topological polar surface area (TPSA) is 69.9 Å². The molecule has 0 spiro atoms. The third kappa shape index (κ3) is 1.46. The zero-order valence-electron chi connectivity index (χ0n) is 5.77. The lowest BCUT2D eigenvalue weighted by Crippen LogP contribution is -2.45. The number of aliphatic hydroxyl groups is 3. The maximum atomic E-state index is 9.07. The molecule has 4 heteroatoms. The van der Waals surface area contributed by atoms with Crippen LogP contribution in [0.15, 0.2) is 0 Å². The minimum absolute atomic E-state index is 0.183. The van der Waals surface area contributed by atoms with Gasteiger partial charge in [0.2, 0.25) is 0 Å². The molecule has 0 bridgehead atoms. The average Bonchev–Trinajstić information content (AvgIpc) is 1.84. The third-order valence-corrected chi connectivity index (χ3v) is 1.71. The molecule has 3 N–H and O–H groups in total. The van der Waals surface area contributed by atoms with Crippen LogP contribution in [0.1, 0.15) is 13.3 Å². The molecule has 0 saturated carbocycles. The number of rotatable bonds is 0. The summed E-state index contributed by atoms with van der Waals surface area (Å²) in [4.78, 5) is 0. The van der Waals surface area contributed by atoms with Crippen molar-refractivity contribution in [3.05, 3.63) is 0 Å². The average molecular weight is 148 g/mol. The number of hydrogen-bond donors (Lipinski definition) is 3. The van der Waals surface area contributed by atoms with Crippen LogP contribution >= 0.6 is 0 Å². The van der Waals surface area contributed by atoms with Crippen LogP contribution in [0.25, 0.3) is 0 Å². The SMILES string of the molecule is C[C@H]1OC(O)[C@H](O)C[C@H]1O. The minimum atomic E-state index is -1.14. The predicted molar refractivity (Wildman–Crippen MR) is 33.2 cm³/mol. The summed E-state index contributed by atoms with van der Waals surface area (Å²) in [6.45, 7) is 1.65. The largest absolute Gasteiger partial charge is 0.390 e. The van der Waals surface area contributed by atoms with Crippen molar-refractivity contribution in [1.82, 2.24) is 0 Å². The summed E-state index contributed by atoms with van der Waals surface area (Å²) in [5.41, 5.74) is 0. The van der Waals surface area contributed by atoms with Crippen LogP contribution in [0.3, 0.4) is 0 Å². The normalized spacial score (nSPS) is 49.2. The van der Waals surface area contributed by atoms with Crippen molar-refractivity contribution in [2.24, 2.45) is 0 Å². The molecule has 1 aliphatic rings. The van der Waals surface area contributed by atoms with Crippen molar-refractivity contribution in [2.75, 3.05) is 0 Å². The Hall–Kier alpha value is -0.160. The van der Waals surface area contributed by atoms with Gasteiger partial charge in [-0.2, -0.15) is 0 Å². The molecule has 0 amide bonds. The van der Waals surface area contributed by atoms with E-state index in [1.54, 1.807) is 6.92 Å². The van der Waals surface area contributed by atoms with Crippen LogP contribution in [0, 0.1) is 0 Å². The van der Waals surface area contributed by atoms with Crippen LogP contribution in [-0.2, 0) is 4.74 Å². The van der Waals surface area contributed by atoms with Gasteiger partial charge in [-0.25, -0.2) is 0 Å². The Kier molecular flexibility index (Phi) is 2.25. The molecule has 10 heavy (non-hydrogen) atoms. The van der Waals surface area contributed by atoms with Crippen molar-refractivity contribution in [2.45, 2.75) is 37.9 Å². The molecule has 1 aliphatic heterocycles. The van der Waals surface area contributed by atoms with Gasteiger partial charge in [0.25, 0.3) is 0 Å². The lowest BCUT2D eigenvalue weighted by atomic mass is 10.0. The Bertz CT molecular complexity index is 90.3. The second-order valence-electron chi connectivity index (χ2n) is 2.60. The molecular formula is C6H12O4. The van der Waals surface area contributed by atoms with Gasteiger partial charge in [-0.05, 0) is 6.92 Å². The summed E-state index contributed by atoms with van der Waals surface area (Å²) in [5, 5.41) is 26.9. The second-order valence-corrected chi connectivity index (χ2v) is 2.60. The fraction of sp³-hybridized carbons (Fsp3) is 1.00. The standard InChI is InChI=1S/C6H12O4/c1-3-4(7)2-5(8)6(9)10-3/h3-9H,2H2,1H3/t3-,4-,5-,6?/m1/s1. The van der Waals surface area contributed by atoms with E-state index >= 15 is 0 Å². The summed E-state index contributed by atoms with van der Waals surface area (Å²) in [6.07, 6.45) is -2.97. The Balaban J connectivity index is 2.46. The maximum Gasteiger partial charge on any atom is 0.181 e. The fourth-order valence-electron chi connectivity index (χ4n) is 0.957. The first-order valence-corrected chi connectivity index (χ1v) is 3.31. The maximum absolute atomic E-state index is 9.07. The molecule has 0 aromatic rings. The highest BCUT2D eigenvalue weighted by atomic mass is 16.6. The van der Waals surface area contributed by atoms with Crippen LogP contribution in [0.2, 0.25) is 0 Å². The Labute approximate surface area is 59.1 Å². The smallest absolute Gasteiger partial charge is 0.181 e. The van der Waals surface area contributed by atoms with Crippen molar-refractivity contribution in [1.29, 1.82) is 0 Å². The van der Waals surface area contributed by atoms with Crippen molar-refractivity contribution in [3.8, 4) is 0 Å². The lowest BCUT2D eigenvalue weighted by Gasteiger charge is -2.32. The van der Waals surface area contributed by atoms with Gasteiger partial charge in [0.1, 0.15) is 6.10 Å². The molecule has 60 valence electrons. The molecule has 4 atom stereocenters. The summed E-state index contributed by atoms with van der Waals surface area (Å²) in [5.74, 6) is 0. The highest BCUT2D eigenvalue weighted by molar-refractivity contribution is 4.76. The number of hydrogen-bond acceptors (Lipinski definition) is 4. The van der Waals surface area contributed by atoms with Gasteiger partial charge in [0.15, 0.2) is 6.29 Å². The lowest BCUT2D eigenvalue weighted by molar-refractivity contribution is -0.240. The van der Waals surface area contributed by atoms with E-state index in [1.165, 1.54) is 0 Å². The van der Waals surface area contributed by atoms with Gasteiger partial charge in [-0.1, -0.05) is 0 Å². The molecule has 1 fully saturated rings. The van der Waals surface area contributed by atoms with Crippen molar-refractivity contribution in [3.63, 3.8) is 0 Å². The summed E-state index contributed by atoms with van der Waals surface area (Å²) >= 11 is 0. The Morgan fingerprint density at radius 1 is 1.20 bits per heavy atom.